The third-order valence-corrected chi connectivity index (χ3v) is 4.59. The van der Waals surface area contributed by atoms with E-state index in [1.807, 2.05) is 50.2 Å². The summed E-state index contributed by atoms with van der Waals surface area (Å²) < 4.78 is 26.7. The Labute approximate surface area is 143 Å². The number of aromatic nitrogens is 2. The van der Waals surface area contributed by atoms with E-state index in [4.69, 9.17) is 0 Å². The lowest BCUT2D eigenvalue weighted by Crippen LogP contribution is -2.30. The minimum atomic E-state index is -3.35. The highest BCUT2D eigenvalue weighted by Crippen LogP contribution is 2.13. The Balaban J connectivity index is 1.84. The molecule has 0 radical (unpaired) electrons. The first-order valence-electron chi connectivity index (χ1n) is 7.64. The summed E-state index contributed by atoms with van der Waals surface area (Å²) in [7, 11) is 0.462. The highest BCUT2D eigenvalue weighted by molar-refractivity contribution is 7.88. The van der Waals surface area contributed by atoms with Crippen molar-refractivity contribution in [2.45, 2.75) is 12.7 Å². The van der Waals surface area contributed by atoms with Gasteiger partial charge in [0.15, 0.2) is 0 Å². The molecule has 2 aromatic rings. The summed E-state index contributed by atoms with van der Waals surface area (Å²) in [6.45, 7) is 2.55. The number of nitrogens with zero attached hydrogens (tertiary/aromatic N) is 3. The van der Waals surface area contributed by atoms with Crippen LogP contribution in [0.2, 0.25) is 0 Å². The first-order valence-corrected chi connectivity index (χ1v) is 9.29. The molecule has 0 amide bonds. The molecule has 2 N–H and O–H groups in total. The Hall–Kier alpha value is -2.19. The average molecular weight is 349 g/mol. The van der Waals surface area contributed by atoms with Crippen molar-refractivity contribution in [1.82, 2.24) is 14.7 Å². The lowest BCUT2D eigenvalue weighted by Gasteiger charge is -2.14. The van der Waals surface area contributed by atoms with Gasteiger partial charge in [-0.3, -0.25) is 0 Å². The predicted molar refractivity (Wildman–Crippen MR) is 96.7 cm³/mol. The van der Waals surface area contributed by atoms with E-state index in [0.717, 1.165) is 11.4 Å². The smallest absolute Gasteiger partial charge is 0.215 e. The van der Waals surface area contributed by atoms with Crippen LogP contribution >= 0.6 is 0 Å². The fraction of sp³-hybridized carbons (Fsp3) is 0.375. The second-order valence-electron chi connectivity index (χ2n) is 5.62. The monoisotopic (exact) mass is 349 g/mol. The van der Waals surface area contributed by atoms with Crippen LogP contribution in [-0.2, 0) is 15.8 Å². The molecule has 0 saturated carbocycles. The van der Waals surface area contributed by atoms with Crippen LogP contribution in [0.3, 0.4) is 0 Å². The maximum atomic E-state index is 12.0. The van der Waals surface area contributed by atoms with Crippen LogP contribution in [0.25, 0.3) is 0 Å². The topological polar surface area (TPSA) is 87.2 Å². The minimum absolute atomic E-state index is 0.0226. The zero-order valence-electron chi connectivity index (χ0n) is 14.2. The summed E-state index contributed by atoms with van der Waals surface area (Å²) in [4.78, 5) is 10.5. The van der Waals surface area contributed by atoms with Crippen LogP contribution in [0.15, 0.2) is 36.4 Å². The van der Waals surface area contributed by atoms with E-state index in [1.54, 1.807) is 12.1 Å². The molecule has 0 spiro atoms. The van der Waals surface area contributed by atoms with Gasteiger partial charge in [-0.05, 0) is 12.5 Å². The normalized spacial score (nSPS) is 11.3. The molecular formula is C16H23N5O2S. The third-order valence-electron chi connectivity index (χ3n) is 3.24. The highest BCUT2D eigenvalue weighted by atomic mass is 32.2. The van der Waals surface area contributed by atoms with Gasteiger partial charge >= 0.3 is 0 Å². The Bertz CT molecular complexity index is 763. The van der Waals surface area contributed by atoms with Crippen molar-refractivity contribution in [3.63, 3.8) is 0 Å². The van der Waals surface area contributed by atoms with E-state index in [-0.39, 0.29) is 12.3 Å². The summed E-state index contributed by atoms with van der Waals surface area (Å²) in [5.41, 5.74) is 0.764. The van der Waals surface area contributed by atoms with Crippen LogP contribution in [0.5, 0.6) is 0 Å². The highest BCUT2D eigenvalue weighted by Gasteiger charge is 2.10. The summed E-state index contributed by atoms with van der Waals surface area (Å²) in [5, 5.41) is 3.11. The van der Waals surface area contributed by atoms with Gasteiger partial charge in [-0.1, -0.05) is 30.3 Å². The van der Waals surface area contributed by atoms with Crippen molar-refractivity contribution in [3.05, 3.63) is 47.8 Å². The van der Waals surface area contributed by atoms with Gasteiger partial charge in [0.1, 0.15) is 17.5 Å². The number of sulfonamides is 1. The molecule has 1 heterocycles. The third kappa shape index (κ3) is 5.78. The maximum Gasteiger partial charge on any atom is 0.215 e. The maximum absolute atomic E-state index is 12.0. The Morgan fingerprint density at radius 3 is 2.46 bits per heavy atom. The Kier molecular flexibility index (Phi) is 6.10. The van der Waals surface area contributed by atoms with Crippen molar-refractivity contribution < 1.29 is 8.42 Å². The molecule has 0 atom stereocenters. The van der Waals surface area contributed by atoms with Crippen LogP contribution in [-0.4, -0.2) is 45.6 Å². The molecule has 1 aromatic carbocycles. The molecule has 0 aliphatic rings. The van der Waals surface area contributed by atoms with E-state index in [1.165, 1.54) is 0 Å². The van der Waals surface area contributed by atoms with Gasteiger partial charge in [0.25, 0.3) is 0 Å². The molecule has 0 bridgehead atoms. The van der Waals surface area contributed by atoms with Gasteiger partial charge in [-0.15, -0.1) is 0 Å². The van der Waals surface area contributed by atoms with Crippen LogP contribution in [0.1, 0.15) is 11.4 Å². The number of benzene rings is 1. The van der Waals surface area contributed by atoms with Gasteiger partial charge in [0.05, 0.1) is 5.75 Å². The zero-order valence-corrected chi connectivity index (χ0v) is 15.0. The zero-order chi connectivity index (χ0) is 17.6. The molecule has 1 aromatic heterocycles. The predicted octanol–water partition coefficient (Wildman–Crippen LogP) is 1.38. The van der Waals surface area contributed by atoms with Gasteiger partial charge < -0.3 is 10.2 Å². The molecule has 0 unspecified atom stereocenters. The number of hydrogen-bond acceptors (Lipinski definition) is 6. The number of rotatable bonds is 8. The SMILES string of the molecule is Cc1nc(NCCNS(=O)(=O)Cc2ccccc2)cc(N(C)C)n1. The van der Waals surface area contributed by atoms with Crippen LogP contribution in [0.4, 0.5) is 11.6 Å². The van der Waals surface area contributed by atoms with Crippen molar-refractivity contribution in [2.75, 3.05) is 37.4 Å². The molecule has 2 rings (SSSR count). The summed E-state index contributed by atoms with van der Waals surface area (Å²) in [6, 6.07) is 10.9. The number of nitrogens with one attached hydrogen (secondary N) is 2. The van der Waals surface area contributed by atoms with Gasteiger partial charge in [-0.25, -0.2) is 23.1 Å². The standard InChI is InChI=1S/C16H23N5O2S/c1-13-19-15(11-16(20-13)21(2)3)17-9-10-18-24(22,23)12-14-7-5-4-6-8-14/h4-8,11,18H,9-10,12H2,1-3H3,(H,17,19,20). The summed E-state index contributed by atoms with van der Waals surface area (Å²) >= 11 is 0. The Morgan fingerprint density at radius 2 is 1.79 bits per heavy atom. The average Bonchev–Trinajstić information content (AvgIpc) is 2.51. The number of anilines is 2. The van der Waals surface area contributed by atoms with E-state index < -0.39 is 10.0 Å². The van der Waals surface area contributed by atoms with Gasteiger partial charge in [0, 0.05) is 33.3 Å². The van der Waals surface area contributed by atoms with Gasteiger partial charge in [-0.2, -0.15) is 0 Å². The van der Waals surface area contributed by atoms with E-state index in [0.29, 0.717) is 18.2 Å². The number of hydrogen-bond donors (Lipinski definition) is 2. The van der Waals surface area contributed by atoms with Gasteiger partial charge in [0.2, 0.25) is 10.0 Å². The minimum Gasteiger partial charge on any atom is -0.369 e. The van der Waals surface area contributed by atoms with E-state index in [2.05, 4.69) is 20.0 Å². The fourth-order valence-corrected chi connectivity index (χ4v) is 3.26. The largest absolute Gasteiger partial charge is 0.369 e. The van der Waals surface area contributed by atoms with E-state index in [9.17, 15) is 8.42 Å². The second kappa shape index (κ2) is 8.07. The quantitative estimate of drug-likeness (QED) is 0.700. The molecule has 130 valence electrons. The van der Waals surface area contributed by atoms with E-state index >= 15 is 0 Å². The second-order valence-corrected chi connectivity index (χ2v) is 7.43. The molecular weight excluding hydrogens is 326 g/mol. The summed E-state index contributed by atoms with van der Waals surface area (Å²) in [5.74, 6) is 2.11. The Morgan fingerprint density at radius 1 is 1.08 bits per heavy atom. The van der Waals surface area contributed by atoms with Crippen molar-refractivity contribution in [2.24, 2.45) is 0 Å². The molecule has 0 fully saturated rings. The molecule has 7 nitrogen and oxygen atoms in total. The van der Waals surface area contributed by atoms with Crippen molar-refractivity contribution in [3.8, 4) is 0 Å². The van der Waals surface area contributed by atoms with Crippen molar-refractivity contribution >= 4 is 21.7 Å². The lowest BCUT2D eigenvalue weighted by molar-refractivity contribution is 0.582. The lowest BCUT2D eigenvalue weighted by atomic mass is 10.2. The molecule has 0 saturated heterocycles. The number of aryl methyl sites for hydroxylation is 1. The molecule has 0 aliphatic carbocycles. The fourth-order valence-electron chi connectivity index (χ4n) is 2.11. The molecule has 0 aliphatic heterocycles. The van der Waals surface area contributed by atoms with Crippen molar-refractivity contribution in [1.29, 1.82) is 0 Å². The van der Waals surface area contributed by atoms with Crippen LogP contribution in [0, 0.1) is 6.92 Å². The molecule has 8 heteroatoms. The first kappa shape index (κ1) is 18.2. The summed E-state index contributed by atoms with van der Waals surface area (Å²) in [6.07, 6.45) is 0. The first-order chi connectivity index (χ1) is 11.4. The molecule has 24 heavy (non-hydrogen) atoms. The van der Waals surface area contributed by atoms with Crippen LogP contribution < -0.4 is 14.9 Å².